The van der Waals surface area contributed by atoms with E-state index in [1.807, 2.05) is 34.9 Å². The molecule has 0 aromatic carbocycles. The first-order valence-electron chi connectivity index (χ1n) is 11.3. The fourth-order valence-corrected chi connectivity index (χ4v) is 5.02. The number of carbonyl (C=O) groups excluding carboxylic acids is 2. The summed E-state index contributed by atoms with van der Waals surface area (Å²) in [6.07, 6.45) is 1.07. The lowest BCUT2D eigenvalue weighted by Crippen LogP contribution is -2.46. The number of hydrogen-bond donors (Lipinski definition) is 0. The molecule has 190 valence electrons. The largest absolute Gasteiger partial charge is 0.464 e. The summed E-state index contributed by atoms with van der Waals surface area (Å²) >= 11 is 1.22. The van der Waals surface area contributed by atoms with E-state index >= 15 is 0 Å². The number of carbonyl (C=O) groups is 2. The van der Waals surface area contributed by atoms with Gasteiger partial charge in [0.25, 0.3) is 0 Å². The molecule has 0 radical (unpaired) electrons. The monoisotopic (exact) mass is 501 g/mol. The minimum Gasteiger partial charge on any atom is -0.464 e. The van der Waals surface area contributed by atoms with Crippen molar-refractivity contribution in [3.05, 3.63) is 11.1 Å². The molecular formula is C23H43N3O5SSi. The van der Waals surface area contributed by atoms with Gasteiger partial charge in [-0.15, -0.1) is 11.3 Å². The van der Waals surface area contributed by atoms with Crippen LogP contribution in [0.3, 0.4) is 0 Å². The normalized spacial score (nSPS) is 13.7. The Hall–Kier alpha value is -1.49. The van der Waals surface area contributed by atoms with Gasteiger partial charge in [0.05, 0.1) is 13.2 Å². The summed E-state index contributed by atoms with van der Waals surface area (Å²) in [6.45, 7) is 17.9. The van der Waals surface area contributed by atoms with E-state index in [9.17, 15) is 9.59 Å². The molecule has 0 N–H and O–H groups in total. The van der Waals surface area contributed by atoms with Gasteiger partial charge in [0, 0.05) is 18.5 Å². The number of anilines is 1. The average Bonchev–Trinajstić information content (AvgIpc) is 3.10. The van der Waals surface area contributed by atoms with Gasteiger partial charge >= 0.3 is 12.1 Å². The lowest BCUT2D eigenvalue weighted by Gasteiger charge is -2.40. The molecule has 0 aliphatic heterocycles. The Bertz CT molecular complexity index is 784. The van der Waals surface area contributed by atoms with Crippen LogP contribution in [0.2, 0.25) is 18.1 Å². The summed E-state index contributed by atoms with van der Waals surface area (Å²) in [5, 5.41) is 2.12. The quantitative estimate of drug-likeness (QED) is 0.313. The number of nitrogens with zero attached hydrogens (tertiary/aromatic N) is 3. The number of thiazole rings is 1. The van der Waals surface area contributed by atoms with Crippen LogP contribution >= 0.6 is 11.3 Å². The van der Waals surface area contributed by atoms with Crippen LogP contribution in [-0.2, 0) is 13.9 Å². The molecule has 1 aromatic rings. The molecule has 0 fully saturated rings. The molecule has 1 unspecified atom stereocenters. The number of methoxy groups -OCH3 is 1. The van der Waals surface area contributed by atoms with E-state index in [4.69, 9.17) is 13.9 Å². The third-order valence-corrected chi connectivity index (χ3v) is 10.9. The standard InChI is InChI=1S/C23H43N3O5SSi/c1-22(2,3)30-21(28)26(20-24-18(16-32-20)19(27)29-9)14-12-13-17(15-25(7)8)31-33(10,11)23(4,5)6/h16-17H,12-15H2,1-11H3. The molecule has 0 bridgehead atoms. The van der Waals surface area contributed by atoms with Gasteiger partial charge in [0.15, 0.2) is 19.1 Å². The molecule has 1 atom stereocenters. The number of aromatic nitrogens is 1. The van der Waals surface area contributed by atoms with Gasteiger partial charge in [-0.3, -0.25) is 4.90 Å². The molecule has 1 aromatic heterocycles. The average molecular weight is 502 g/mol. The second-order valence-corrected chi connectivity index (χ2v) is 16.6. The van der Waals surface area contributed by atoms with E-state index in [0.717, 1.165) is 13.0 Å². The summed E-state index contributed by atoms with van der Waals surface area (Å²) in [6, 6.07) is 0. The third kappa shape index (κ3) is 9.72. The molecular weight excluding hydrogens is 458 g/mol. The maximum absolute atomic E-state index is 12.9. The van der Waals surface area contributed by atoms with E-state index in [0.29, 0.717) is 18.1 Å². The topological polar surface area (TPSA) is 81.2 Å². The first-order valence-corrected chi connectivity index (χ1v) is 15.1. The maximum Gasteiger partial charge on any atom is 0.416 e. The lowest BCUT2D eigenvalue weighted by atomic mass is 10.2. The third-order valence-electron chi connectivity index (χ3n) is 5.48. The van der Waals surface area contributed by atoms with E-state index < -0.39 is 26.0 Å². The van der Waals surface area contributed by atoms with Crippen LogP contribution < -0.4 is 4.90 Å². The fourth-order valence-electron chi connectivity index (χ4n) is 2.83. The van der Waals surface area contributed by atoms with Crippen molar-refractivity contribution in [3.63, 3.8) is 0 Å². The zero-order chi connectivity index (χ0) is 25.6. The molecule has 33 heavy (non-hydrogen) atoms. The number of hydrogen-bond acceptors (Lipinski definition) is 8. The Labute approximate surface area is 204 Å². The molecule has 0 aliphatic carbocycles. The van der Waals surface area contributed by atoms with Crippen LogP contribution in [0.25, 0.3) is 0 Å². The zero-order valence-electron chi connectivity index (χ0n) is 22.3. The maximum atomic E-state index is 12.9. The van der Waals surface area contributed by atoms with Gasteiger partial charge in [-0.25, -0.2) is 14.6 Å². The smallest absolute Gasteiger partial charge is 0.416 e. The van der Waals surface area contributed by atoms with Crippen LogP contribution in [0, 0.1) is 0 Å². The van der Waals surface area contributed by atoms with Crippen LogP contribution in [-0.4, -0.2) is 76.3 Å². The number of likely N-dealkylation sites (N-methyl/N-ethyl adjacent to an activating group) is 1. The Morgan fingerprint density at radius 1 is 1.15 bits per heavy atom. The Kier molecular flexibility index (Phi) is 10.5. The molecule has 8 nitrogen and oxygen atoms in total. The van der Waals surface area contributed by atoms with Crippen molar-refractivity contribution in [1.29, 1.82) is 0 Å². The predicted octanol–water partition coefficient (Wildman–Crippen LogP) is 5.40. The van der Waals surface area contributed by atoms with Crippen LogP contribution in [0.4, 0.5) is 9.93 Å². The predicted molar refractivity (Wildman–Crippen MR) is 137 cm³/mol. The highest BCUT2D eigenvalue weighted by Gasteiger charge is 2.39. The van der Waals surface area contributed by atoms with Crippen LogP contribution in [0.5, 0.6) is 0 Å². The van der Waals surface area contributed by atoms with E-state index in [-0.39, 0.29) is 16.8 Å². The Morgan fingerprint density at radius 3 is 2.24 bits per heavy atom. The summed E-state index contributed by atoms with van der Waals surface area (Å²) in [7, 11) is 3.45. The highest BCUT2D eigenvalue weighted by atomic mass is 32.1. The molecule has 1 rings (SSSR count). The highest BCUT2D eigenvalue weighted by Crippen LogP contribution is 2.38. The second-order valence-electron chi connectivity index (χ2n) is 11.0. The summed E-state index contributed by atoms with van der Waals surface area (Å²) in [5.41, 5.74) is -0.464. The van der Waals surface area contributed by atoms with Gasteiger partial charge < -0.3 is 18.8 Å². The van der Waals surface area contributed by atoms with Crippen molar-refractivity contribution in [2.75, 3.05) is 39.2 Å². The first-order chi connectivity index (χ1) is 15.0. The highest BCUT2D eigenvalue weighted by molar-refractivity contribution is 7.14. The van der Waals surface area contributed by atoms with Gasteiger partial charge in [-0.05, 0) is 65.8 Å². The molecule has 1 amide bonds. The molecule has 0 saturated carbocycles. The number of ether oxygens (including phenoxy) is 2. The fraction of sp³-hybridized carbons (Fsp3) is 0.783. The van der Waals surface area contributed by atoms with Crippen molar-refractivity contribution in [1.82, 2.24) is 9.88 Å². The summed E-state index contributed by atoms with van der Waals surface area (Å²) in [5.74, 6) is -0.532. The second kappa shape index (κ2) is 11.8. The van der Waals surface area contributed by atoms with Crippen molar-refractivity contribution in [2.24, 2.45) is 0 Å². The van der Waals surface area contributed by atoms with E-state index in [2.05, 4.69) is 43.7 Å². The molecule has 0 aliphatic rings. The minimum atomic E-state index is -1.94. The summed E-state index contributed by atoms with van der Waals surface area (Å²) in [4.78, 5) is 32.7. The Balaban J connectivity index is 3.00. The first kappa shape index (κ1) is 29.5. The lowest BCUT2D eigenvalue weighted by molar-refractivity contribution is 0.0567. The number of esters is 1. The van der Waals surface area contributed by atoms with Crippen molar-refractivity contribution < 1.29 is 23.5 Å². The SMILES string of the molecule is COC(=O)c1csc(N(CCCC(CN(C)C)O[Si](C)(C)C(C)(C)C)C(=O)OC(C)(C)C)n1. The molecule has 1 heterocycles. The summed E-state index contributed by atoms with van der Waals surface area (Å²) < 4.78 is 17.0. The zero-order valence-corrected chi connectivity index (χ0v) is 24.1. The van der Waals surface area contributed by atoms with Crippen molar-refractivity contribution in [3.8, 4) is 0 Å². The van der Waals surface area contributed by atoms with Gasteiger partial charge in [-0.2, -0.15) is 0 Å². The number of amides is 1. The van der Waals surface area contributed by atoms with Gasteiger partial charge in [-0.1, -0.05) is 20.8 Å². The molecule has 10 heteroatoms. The van der Waals surface area contributed by atoms with Crippen molar-refractivity contribution >= 4 is 36.8 Å². The number of rotatable bonds is 10. The van der Waals surface area contributed by atoms with Crippen LogP contribution in [0.15, 0.2) is 5.38 Å². The van der Waals surface area contributed by atoms with Gasteiger partial charge in [0.2, 0.25) is 0 Å². The van der Waals surface area contributed by atoms with E-state index in [1.165, 1.54) is 23.3 Å². The Morgan fingerprint density at radius 2 is 1.76 bits per heavy atom. The van der Waals surface area contributed by atoms with Gasteiger partial charge in [0.1, 0.15) is 5.60 Å². The van der Waals surface area contributed by atoms with E-state index in [1.54, 1.807) is 5.38 Å². The van der Waals surface area contributed by atoms with Crippen molar-refractivity contribution in [2.45, 2.75) is 84.2 Å². The van der Waals surface area contributed by atoms with Crippen LogP contribution in [0.1, 0.15) is 64.9 Å². The minimum absolute atomic E-state index is 0.0586. The molecule has 0 saturated heterocycles. The molecule has 0 spiro atoms.